The van der Waals surface area contributed by atoms with E-state index in [1.54, 1.807) is 27.3 Å². The van der Waals surface area contributed by atoms with Crippen LogP contribution in [0, 0.1) is 0 Å². The van der Waals surface area contributed by atoms with Gasteiger partial charge in [-0.05, 0) is 24.3 Å². The first-order valence-electron chi connectivity index (χ1n) is 8.19. The smallest absolute Gasteiger partial charge is 0.274 e. The number of hydrogen-bond acceptors (Lipinski definition) is 6. The van der Waals surface area contributed by atoms with Crippen LogP contribution in [0.1, 0.15) is 23.3 Å². The molecular formula is C17H18N4O3S. The van der Waals surface area contributed by atoms with Crippen LogP contribution in [-0.4, -0.2) is 58.5 Å². The van der Waals surface area contributed by atoms with Crippen LogP contribution in [0.3, 0.4) is 0 Å². The minimum absolute atomic E-state index is 0.0120. The summed E-state index contributed by atoms with van der Waals surface area (Å²) in [7, 11) is 0. The van der Waals surface area contributed by atoms with Gasteiger partial charge in [-0.1, -0.05) is 0 Å². The summed E-state index contributed by atoms with van der Waals surface area (Å²) in [6.45, 7) is 1.80. The Balaban J connectivity index is 1.44. The van der Waals surface area contributed by atoms with E-state index in [1.165, 1.54) is 12.4 Å². The SMILES string of the molecule is O=C(c1cnccn1)N1CCC2(CC1)CN(c1ccsc1)C(=O)CO2. The van der Waals surface area contributed by atoms with Gasteiger partial charge in [-0.15, -0.1) is 0 Å². The van der Waals surface area contributed by atoms with Crippen molar-refractivity contribution < 1.29 is 14.3 Å². The molecule has 0 unspecified atom stereocenters. The van der Waals surface area contributed by atoms with Gasteiger partial charge in [0, 0.05) is 30.9 Å². The molecule has 2 aliphatic heterocycles. The summed E-state index contributed by atoms with van der Waals surface area (Å²) in [5, 5.41) is 3.94. The highest BCUT2D eigenvalue weighted by Gasteiger charge is 2.43. The predicted octanol–water partition coefficient (Wildman–Crippen LogP) is 1.58. The van der Waals surface area contributed by atoms with Crippen molar-refractivity contribution in [2.75, 3.05) is 31.1 Å². The molecule has 0 radical (unpaired) electrons. The van der Waals surface area contributed by atoms with Gasteiger partial charge in [0.05, 0.1) is 24.0 Å². The fraction of sp³-hybridized carbons (Fsp3) is 0.412. The number of carbonyl (C=O) groups excluding carboxylic acids is 2. The van der Waals surface area contributed by atoms with Crippen LogP contribution in [-0.2, 0) is 9.53 Å². The maximum Gasteiger partial charge on any atom is 0.274 e. The number of hydrogen-bond donors (Lipinski definition) is 0. The van der Waals surface area contributed by atoms with Crippen molar-refractivity contribution in [1.82, 2.24) is 14.9 Å². The first-order chi connectivity index (χ1) is 12.2. The summed E-state index contributed by atoms with van der Waals surface area (Å²) < 4.78 is 5.93. The van der Waals surface area contributed by atoms with Crippen molar-refractivity contribution in [1.29, 1.82) is 0 Å². The number of nitrogens with zero attached hydrogens (tertiary/aromatic N) is 4. The topological polar surface area (TPSA) is 75.6 Å². The molecule has 0 aliphatic carbocycles. The summed E-state index contributed by atoms with van der Waals surface area (Å²) in [6, 6.07) is 1.95. The Morgan fingerprint density at radius 2 is 2.12 bits per heavy atom. The third-order valence-electron chi connectivity index (χ3n) is 4.81. The zero-order valence-electron chi connectivity index (χ0n) is 13.6. The Hall–Kier alpha value is -2.32. The van der Waals surface area contributed by atoms with Crippen LogP contribution in [0.5, 0.6) is 0 Å². The Labute approximate surface area is 149 Å². The third kappa shape index (κ3) is 3.14. The average molecular weight is 358 g/mol. The Morgan fingerprint density at radius 3 is 2.80 bits per heavy atom. The standard InChI is InChI=1S/C17H18N4O3S/c22-15-10-24-17(12-21(15)13-1-8-25-11-13)2-6-20(7-3-17)16(23)14-9-18-4-5-19-14/h1,4-5,8-9,11H,2-3,6-7,10,12H2. The molecule has 0 atom stereocenters. The maximum atomic E-state index is 12.5. The van der Waals surface area contributed by atoms with Gasteiger partial charge in [-0.2, -0.15) is 11.3 Å². The lowest BCUT2D eigenvalue weighted by Crippen LogP contribution is -2.59. The van der Waals surface area contributed by atoms with Crippen molar-refractivity contribution in [2.45, 2.75) is 18.4 Å². The fourth-order valence-electron chi connectivity index (χ4n) is 3.35. The molecule has 2 aromatic heterocycles. The Kier molecular flexibility index (Phi) is 4.22. The zero-order valence-corrected chi connectivity index (χ0v) is 14.4. The Morgan fingerprint density at radius 1 is 1.28 bits per heavy atom. The lowest BCUT2D eigenvalue weighted by molar-refractivity contribution is -0.143. The van der Waals surface area contributed by atoms with Crippen molar-refractivity contribution >= 4 is 28.8 Å². The molecule has 25 heavy (non-hydrogen) atoms. The van der Waals surface area contributed by atoms with E-state index in [-0.39, 0.29) is 24.0 Å². The molecule has 8 heteroatoms. The molecular weight excluding hydrogens is 340 g/mol. The maximum absolute atomic E-state index is 12.5. The van der Waals surface area contributed by atoms with E-state index < -0.39 is 0 Å². The number of ether oxygens (including phenoxy) is 1. The molecule has 2 fully saturated rings. The van der Waals surface area contributed by atoms with Crippen LogP contribution in [0.15, 0.2) is 35.4 Å². The van der Waals surface area contributed by atoms with Gasteiger partial charge in [0.25, 0.3) is 11.8 Å². The van der Waals surface area contributed by atoms with E-state index in [2.05, 4.69) is 9.97 Å². The molecule has 0 aromatic carbocycles. The van der Waals surface area contributed by atoms with Crippen LogP contribution >= 0.6 is 11.3 Å². The number of likely N-dealkylation sites (tertiary alicyclic amines) is 1. The number of morpholine rings is 1. The van der Waals surface area contributed by atoms with Gasteiger partial charge in [0.2, 0.25) is 0 Å². The van der Waals surface area contributed by atoms with E-state index in [0.29, 0.717) is 38.2 Å². The van der Waals surface area contributed by atoms with Gasteiger partial charge in [-0.25, -0.2) is 4.98 Å². The fourth-order valence-corrected chi connectivity index (χ4v) is 3.99. The molecule has 2 aliphatic rings. The van der Waals surface area contributed by atoms with Crippen molar-refractivity contribution in [3.05, 3.63) is 41.1 Å². The Bertz CT molecular complexity index is 757. The average Bonchev–Trinajstić information content (AvgIpc) is 3.19. The molecule has 1 spiro atoms. The molecule has 4 heterocycles. The minimum Gasteiger partial charge on any atom is -0.363 e. The molecule has 2 aromatic rings. The van der Waals surface area contributed by atoms with Crippen LogP contribution in [0.25, 0.3) is 0 Å². The number of piperidine rings is 1. The van der Waals surface area contributed by atoms with Gasteiger partial charge in [0.15, 0.2) is 0 Å². The highest BCUT2D eigenvalue weighted by molar-refractivity contribution is 7.08. The first kappa shape index (κ1) is 16.2. The third-order valence-corrected chi connectivity index (χ3v) is 5.48. The quantitative estimate of drug-likeness (QED) is 0.815. The van der Waals surface area contributed by atoms with Crippen LogP contribution in [0.4, 0.5) is 5.69 Å². The molecule has 4 rings (SSSR count). The first-order valence-corrected chi connectivity index (χ1v) is 9.13. The van der Waals surface area contributed by atoms with Gasteiger partial charge >= 0.3 is 0 Å². The van der Waals surface area contributed by atoms with Gasteiger partial charge in [0.1, 0.15) is 12.3 Å². The molecule has 0 bridgehead atoms. The predicted molar refractivity (Wildman–Crippen MR) is 92.5 cm³/mol. The van der Waals surface area contributed by atoms with Gasteiger partial charge < -0.3 is 14.5 Å². The largest absolute Gasteiger partial charge is 0.363 e. The summed E-state index contributed by atoms with van der Waals surface area (Å²) in [5.74, 6) is -0.119. The second kappa shape index (κ2) is 6.53. The second-order valence-electron chi connectivity index (χ2n) is 6.32. The summed E-state index contributed by atoms with van der Waals surface area (Å²) in [5.41, 5.74) is 0.906. The minimum atomic E-state index is -0.380. The molecule has 0 saturated carbocycles. The number of rotatable bonds is 2. The summed E-state index contributed by atoms with van der Waals surface area (Å²) in [6.07, 6.45) is 5.96. The summed E-state index contributed by atoms with van der Waals surface area (Å²) >= 11 is 1.57. The highest BCUT2D eigenvalue weighted by Crippen LogP contribution is 2.33. The van der Waals surface area contributed by atoms with Crippen molar-refractivity contribution in [3.8, 4) is 0 Å². The number of carbonyl (C=O) groups is 2. The van der Waals surface area contributed by atoms with E-state index in [4.69, 9.17) is 4.74 Å². The van der Waals surface area contributed by atoms with E-state index in [9.17, 15) is 9.59 Å². The normalized spacial score (nSPS) is 20.1. The number of amides is 2. The van der Waals surface area contributed by atoms with E-state index >= 15 is 0 Å². The van der Waals surface area contributed by atoms with Crippen LogP contribution < -0.4 is 4.90 Å². The van der Waals surface area contributed by atoms with Gasteiger partial charge in [-0.3, -0.25) is 14.6 Å². The molecule has 130 valence electrons. The molecule has 7 nitrogen and oxygen atoms in total. The second-order valence-corrected chi connectivity index (χ2v) is 7.10. The van der Waals surface area contributed by atoms with Crippen LogP contribution in [0.2, 0.25) is 0 Å². The molecule has 2 amide bonds. The lowest BCUT2D eigenvalue weighted by Gasteiger charge is -2.46. The lowest BCUT2D eigenvalue weighted by atomic mass is 9.89. The summed E-state index contributed by atoms with van der Waals surface area (Å²) in [4.78, 5) is 36.3. The monoisotopic (exact) mass is 358 g/mol. The van der Waals surface area contributed by atoms with E-state index in [0.717, 1.165) is 5.69 Å². The molecule has 0 N–H and O–H groups in total. The number of thiophene rings is 1. The zero-order chi connectivity index (χ0) is 17.3. The number of anilines is 1. The highest BCUT2D eigenvalue weighted by atomic mass is 32.1. The number of aromatic nitrogens is 2. The van der Waals surface area contributed by atoms with Crippen molar-refractivity contribution in [3.63, 3.8) is 0 Å². The van der Waals surface area contributed by atoms with E-state index in [1.807, 2.05) is 16.8 Å². The molecule has 2 saturated heterocycles. The van der Waals surface area contributed by atoms with Crippen molar-refractivity contribution in [2.24, 2.45) is 0 Å².